The summed E-state index contributed by atoms with van der Waals surface area (Å²) in [6.07, 6.45) is 1.73. The van der Waals surface area contributed by atoms with Crippen molar-refractivity contribution in [1.29, 1.82) is 0 Å². The second-order valence-electron chi connectivity index (χ2n) is 5.34. The highest BCUT2D eigenvalue weighted by Crippen LogP contribution is 2.41. The van der Waals surface area contributed by atoms with Gasteiger partial charge in [-0.15, -0.1) is 0 Å². The highest BCUT2D eigenvalue weighted by Gasteiger charge is 2.18. The van der Waals surface area contributed by atoms with Crippen LogP contribution in [0.3, 0.4) is 0 Å². The van der Waals surface area contributed by atoms with Crippen LogP contribution in [0.4, 0.5) is 11.4 Å². The van der Waals surface area contributed by atoms with E-state index in [0.29, 0.717) is 28.2 Å². The first kappa shape index (κ1) is 13.4. The minimum Gasteiger partial charge on any atom is -0.435 e. The van der Waals surface area contributed by atoms with Crippen molar-refractivity contribution in [2.75, 3.05) is 11.5 Å². The van der Waals surface area contributed by atoms with E-state index in [1.54, 1.807) is 6.20 Å². The maximum Gasteiger partial charge on any atom is 0.231 e. The third-order valence-corrected chi connectivity index (χ3v) is 3.92. The largest absolute Gasteiger partial charge is 0.435 e. The Labute approximate surface area is 133 Å². The summed E-state index contributed by atoms with van der Waals surface area (Å²) in [5.74, 6) is 0.602. The number of nitrogens with zero attached hydrogens (tertiary/aromatic N) is 1. The first-order chi connectivity index (χ1) is 11.3. The molecule has 2 aromatic carbocycles. The van der Waals surface area contributed by atoms with Gasteiger partial charge in [0.2, 0.25) is 5.71 Å². The number of hydrogen-bond donors (Lipinski definition) is 2. The second kappa shape index (κ2) is 5.18. The summed E-state index contributed by atoms with van der Waals surface area (Å²) in [5.41, 5.74) is 17.0. The van der Waals surface area contributed by atoms with E-state index in [-0.39, 0.29) is 0 Å². The van der Waals surface area contributed by atoms with Crippen molar-refractivity contribution >= 4 is 22.5 Å². The lowest BCUT2D eigenvalue weighted by atomic mass is 10.0. The molecule has 0 fully saturated rings. The zero-order valence-corrected chi connectivity index (χ0v) is 12.4. The van der Waals surface area contributed by atoms with Gasteiger partial charge < -0.3 is 15.9 Å². The van der Waals surface area contributed by atoms with Gasteiger partial charge in [-0.3, -0.25) is 0 Å². The SMILES string of the molecule is Nc1c(-c2ccccc2)cnc2oc(-c3ccccc3)c(N)c12. The van der Waals surface area contributed by atoms with E-state index in [1.165, 1.54) is 0 Å². The van der Waals surface area contributed by atoms with Gasteiger partial charge in [0.05, 0.1) is 16.8 Å². The van der Waals surface area contributed by atoms with Crippen molar-refractivity contribution in [2.45, 2.75) is 0 Å². The molecule has 0 bridgehead atoms. The Hall–Kier alpha value is -3.27. The normalized spacial score (nSPS) is 11.0. The summed E-state index contributed by atoms with van der Waals surface area (Å²) >= 11 is 0. The number of aromatic nitrogens is 1. The molecule has 4 rings (SSSR count). The molecule has 2 aromatic heterocycles. The first-order valence-electron chi connectivity index (χ1n) is 7.33. The molecule has 0 spiro atoms. The fraction of sp³-hybridized carbons (Fsp3) is 0. The van der Waals surface area contributed by atoms with E-state index in [9.17, 15) is 0 Å². The van der Waals surface area contributed by atoms with Crippen LogP contribution in [0.25, 0.3) is 33.6 Å². The lowest BCUT2D eigenvalue weighted by molar-refractivity contribution is 0.620. The van der Waals surface area contributed by atoms with Gasteiger partial charge in [-0.05, 0) is 5.56 Å². The van der Waals surface area contributed by atoms with Crippen molar-refractivity contribution in [3.05, 3.63) is 66.9 Å². The van der Waals surface area contributed by atoms with Gasteiger partial charge in [0, 0.05) is 17.3 Å². The molecule has 0 radical (unpaired) electrons. The fourth-order valence-electron chi connectivity index (χ4n) is 2.76. The predicted molar refractivity (Wildman–Crippen MR) is 93.7 cm³/mol. The Kier molecular flexibility index (Phi) is 3.01. The third kappa shape index (κ3) is 2.12. The van der Waals surface area contributed by atoms with Crippen LogP contribution in [0.2, 0.25) is 0 Å². The number of anilines is 2. The van der Waals surface area contributed by atoms with Crippen LogP contribution in [0, 0.1) is 0 Å². The molecule has 0 atom stereocenters. The van der Waals surface area contributed by atoms with Crippen molar-refractivity contribution in [3.8, 4) is 22.5 Å². The number of pyridine rings is 1. The van der Waals surface area contributed by atoms with Gasteiger partial charge in [0.1, 0.15) is 0 Å². The molecule has 112 valence electrons. The van der Waals surface area contributed by atoms with Crippen molar-refractivity contribution in [1.82, 2.24) is 4.98 Å². The van der Waals surface area contributed by atoms with Gasteiger partial charge in [-0.1, -0.05) is 60.7 Å². The summed E-state index contributed by atoms with van der Waals surface area (Å²) in [7, 11) is 0. The van der Waals surface area contributed by atoms with E-state index >= 15 is 0 Å². The van der Waals surface area contributed by atoms with Crippen molar-refractivity contribution in [3.63, 3.8) is 0 Å². The van der Waals surface area contributed by atoms with Crippen LogP contribution < -0.4 is 11.5 Å². The maximum atomic E-state index is 6.36. The quantitative estimate of drug-likeness (QED) is 0.577. The molecular weight excluding hydrogens is 286 g/mol. The number of rotatable bonds is 2. The topological polar surface area (TPSA) is 78.1 Å². The molecule has 0 unspecified atom stereocenters. The van der Waals surface area contributed by atoms with Crippen molar-refractivity contribution in [2.24, 2.45) is 0 Å². The predicted octanol–water partition coefficient (Wildman–Crippen LogP) is 4.33. The number of nitrogens with two attached hydrogens (primary N) is 2. The number of hydrogen-bond acceptors (Lipinski definition) is 4. The van der Waals surface area contributed by atoms with Crippen LogP contribution in [-0.2, 0) is 0 Å². The molecule has 0 saturated carbocycles. The summed E-state index contributed by atoms with van der Waals surface area (Å²) in [4.78, 5) is 4.40. The number of furan rings is 1. The van der Waals surface area contributed by atoms with Gasteiger partial charge >= 0.3 is 0 Å². The highest BCUT2D eigenvalue weighted by molar-refractivity contribution is 6.07. The third-order valence-electron chi connectivity index (χ3n) is 3.92. The zero-order valence-electron chi connectivity index (χ0n) is 12.4. The lowest BCUT2D eigenvalue weighted by Crippen LogP contribution is -1.95. The van der Waals surface area contributed by atoms with Crippen molar-refractivity contribution < 1.29 is 4.42 Å². The van der Waals surface area contributed by atoms with Crippen LogP contribution in [-0.4, -0.2) is 4.98 Å². The van der Waals surface area contributed by atoms with Crippen LogP contribution >= 0.6 is 0 Å². The number of fused-ring (bicyclic) bond motifs is 1. The van der Waals surface area contributed by atoms with Crippen LogP contribution in [0.15, 0.2) is 71.3 Å². The average molecular weight is 301 g/mol. The summed E-state index contributed by atoms with van der Waals surface area (Å²) in [5, 5.41) is 0.671. The summed E-state index contributed by atoms with van der Waals surface area (Å²) in [6, 6.07) is 19.6. The second-order valence-corrected chi connectivity index (χ2v) is 5.34. The molecule has 4 aromatic rings. The van der Waals surface area contributed by atoms with E-state index in [4.69, 9.17) is 15.9 Å². The van der Waals surface area contributed by atoms with E-state index in [1.807, 2.05) is 60.7 Å². The molecule has 0 aliphatic rings. The molecule has 0 aliphatic carbocycles. The number of benzene rings is 2. The molecular formula is C19H15N3O. The Balaban J connectivity index is 1.96. The smallest absolute Gasteiger partial charge is 0.231 e. The molecule has 0 amide bonds. The van der Waals surface area contributed by atoms with Gasteiger partial charge in [-0.2, -0.15) is 0 Å². The minimum atomic E-state index is 0.457. The standard InChI is InChI=1S/C19H15N3O/c20-16-14(12-7-3-1-4-8-12)11-22-19-15(16)17(21)18(23-19)13-9-5-2-6-10-13/h1-11H,21H2,(H2,20,22). The summed E-state index contributed by atoms with van der Waals surface area (Å²) in [6.45, 7) is 0. The molecule has 0 aliphatic heterocycles. The molecule has 0 saturated heterocycles. The van der Waals surface area contributed by atoms with E-state index in [2.05, 4.69) is 4.98 Å². The monoisotopic (exact) mass is 301 g/mol. The maximum absolute atomic E-state index is 6.36. The van der Waals surface area contributed by atoms with Crippen LogP contribution in [0.5, 0.6) is 0 Å². The Morgan fingerprint density at radius 1 is 0.739 bits per heavy atom. The molecule has 2 heterocycles. The van der Waals surface area contributed by atoms with Gasteiger partial charge in [0.15, 0.2) is 5.76 Å². The lowest BCUT2D eigenvalue weighted by Gasteiger charge is -2.06. The summed E-state index contributed by atoms with van der Waals surface area (Å²) < 4.78 is 5.84. The van der Waals surface area contributed by atoms with Gasteiger partial charge in [-0.25, -0.2) is 4.98 Å². The number of nitrogen functional groups attached to an aromatic ring is 2. The van der Waals surface area contributed by atoms with Crippen LogP contribution in [0.1, 0.15) is 0 Å². The average Bonchev–Trinajstić information content (AvgIpc) is 2.94. The van der Waals surface area contributed by atoms with E-state index in [0.717, 1.165) is 16.7 Å². The zero-order chi connectivity index (χ0) is 15.8. The Bertz CT molecular complexity index is 938. The molecule has 23 heavy (non-hydrogen) atoms. The van der Waals surface area contributed by atoms with Gasteiger partial charge in [0.25, 0.3) is 0 Å². The molecule has 4 nitrogen and oxygen atoms in total. The Morgan fingerprint density at radius 2 is 1.35 bits per heavy atom. The Morgan fingerprint density at radius 3 is 2.00 bits per heavy atom. The molecule has 4 N–H and O–H groups in total. The fourth-order valence-corrected chi connectivity index (χ4v) is 2.76. The van der Waals surface area contributed by atoms with E-state index < -0.39 is 0 Å². The highest BCUT2D eigenvalue weighted by atomic mass is 16.3. The minimum absolute atomic E-state index is 0.457. The first-order valence-corrected chi connectivity index (χ1v) is 7.33. The molecule has 4 heteroatoms.